The van der Waals surface area contributed by atoms with E-state index in [0.29, 0.717) is 0 Å². The lowest BCUT2D eigenvalue weighted by Crippen LogP contribution is -2.07. The highest BCUT2D eigenvalue weighted by Gasteiger charge is 2.11. The summed E-state index contributed by atoms with van der Waals surface area (Å²) >= 11 is 10.5. The Morgan fingerprint density at radius 2 is 1.80 bits per heavy atom. The van der Waals surface area contributed by atoms with Crippen molar-refractivity contribution < 1.29 is 4.74 Å². The molecule has 0 saturated carbocycles. The molecule has 0 bridgehead atoms. The van der Waals surface area contributed by atoms with E-state index in [1.54, 1.807) is 7.11 Å². The number of nitrogens with one attached hydrogen (secondary N) is 1. The van der Waals surface area contributed by atoms with Crippen LogP contribution in [0.1, 0.15) is 18.5 Å². The van der Waals surface area contributed by atoms with Crippen LogP contribution >= 0.6 is 47.8 Å². The molecule has 0 saturated heterocycles. The topological polar surface area (TPSA) is 21.3 Å². The number of methoxy groups -OCH3 is 1. The van der Waals surface area contributed by atoms with Crippen molar-refractivity contribution in [3.05, 3.63) is 55.4 Å². The highest BCUT2D eigenvalue weighted by Crippen LogP contribution is 2.36. The van der Waals surface area contributed by atoms with Crippen LogP contribution in [0.25, 0.3) is 0 Å². The van der Waals surface area contributed by atoms with E-state index in [4.69, 9.17) is 4.74 Å². The van der Waals surface area contributed by atoms with Gasteiger partial charge in [-0.25, -0.2) is 0 Å². The molecule has 0 heterocycles. The Labute approximate surface area is 144 Å². The van der Waals surface area contributed by atoms with Gasteiger partial charge in [0.1, 0.15) is 5.75 Å². The van der Waals surface area contributed by atoms with Crippen molar-refractivity contribution in [3.63, 3.8) is 0 Å². The van der Waals surface area contributed by atoms with Crippen molar-refractivity contribution in [3.8, 4) is 5.75 Å². The molecular weight excluding hydrogens is 450 g/mol. The molecule has 1 atom stereocenters. The molecule has 0 aromatic heterocycles. The predicted octanol–water partition coefficient (Wildman–Crippen LogP) is 6.16. The molecule has 1 unspecified atom stereocenters. The summed E-state index contributed by atoms with van der Waals surface area (Å²) in [5, 5.41) is 3.49. The number of hydrogen-bond acceptors (Lipinski definition) is 2. The van der Waals surface area contributed by atoms with Gasteiger partial charge in [0.05, 0.1) is 17.3 Å². The number of rotatable bonds is 4. The maximum atomic E-state index is 5.33. The van der Waals surface area contributed by atoms with Gasteiger partial charge in [0.2, 0.25) is 0 Å². The third kappa shape index (κ3) is 3.77. The molecule has 0 amide bonds. The second-order valence-corrected chi connectivity index (χ2v) is 7.01. The first-order valence-corrected chi connectivity index (χ1v) is 8.44. The minimum atomic E-state index is 0.190. The molecule has 0 aliphatic carbocycles. The van der Waals surface area contributed by atoms with E-state index in [0.717, 1.165) is 24.9 Å². The van der Waals surface area contributed by atoms with Gasteiger partial charge < -0.3 is 10.1 Å². The molecule has 2 nitrogen and oxygen atoms in total. The molecule has 0 radical (unpaired) electrons. The molecule has 0 aliphatic rings. The molecule has 0 aliphatic heterocycles. The zero-order valence-corrected chi connectivity index (χ0v) is 15.8. The lowest BCUT2D eigenvalue weighted by Gasteiger charge is -2.18. The maximum Gasteiger partial charge on any atom is 0.135 e. The van der Waals surface area contributed by atoms with Crippen LogP contribution in [0, 0.1) is 0 Å². The van der Waals surface area contributed by atoms with E-state index in [2.05, 4.69) is 72.2 Å². The van der Waals surface area contributed by atoms with Gasteiger partial charge in [-0.1, -0.05) is 28.1 Å². The van der Waals surface area contributed by atoms with Crippen LogP contribution in [-0.2, 0) is 0 Å². The van der Waals surface area contributed by atoms with Gasteiger partial charge in [-0.2, -0.15) is 0 Å². The maximum absolute atomic E-state index is 5.33. The lowest BCUT2D eigenvalue weighted by molar-refractivity contribution is 0.412. The zero-order chi connectivity index (χ0) is 14.7. The van der Waals surface area contributed by atoms with Crippen LogP contribution in [0.15, 0.2) is 49.8 Å². The monoisotopic (exact) mass is 461 g/mol. The van der Waals surface area contributed by atoms with Gasteiger partial charge in [0.15, 0.2) is 0 Å². The van der Waals surface area contributed by atoms with E-state index in [9.17, 15) is 0 Å². The normalized spacial score (nSPS) is 12.1. The van der Waals surface area contributed by atoms with Crippen molar-refractivity contribution >= 4 is 53.5 Å². The fourth-order valence-corrected chi connectivity index (χ4v) is 3.58. The quantitative estimate of drug-likeness (QED) is 0.586. The average Bonchev–Trinajstić information content (AvgIpc) is 2.41. The Kier molecular flexibility index (Phi) is 5.52. The number of benzene rings is 2. The molecule has 2 rings (SSSR count). The average molecular weight is 464 g/mol. The zero-order valence-electron chi connectivity index (χ0n) is 11.1. The SMILES string of the molecule is COc1cc(NC(C)c2cccc(Br)c2)c(Br)cc1Br. The second kappa shape index (κ2) is 6.96. The summed E-state index contributed by atoms with van der Waals surface area (Å²) < 4.78 is 8.33. The third-order valence-corrected chi connectivity index (χ3v) is 4.73. The lowest BCUT2D eigenvalue weighted by atomic mass is 10.1. The highest BCUT2D eigenvalue weighted by molar-refractivity contribution is 9.11. The van der Waals surface area contributed by atoms with Gasteiger partial charge in [0.25, 0.3) is 0 Å². The van der Waals surface area contributed by atoms with Crippen molar-refractivity contribution in [2.45, 2.75) is 13.0 Å². The molecule has 2 aromatic rings. The molecule has 2 aromatic carbocycles. The molecule has 0 fully saturated rings. The number of halogens is 3. The van der Waals surface area contributed by atoms with Crippen molar-refractivity contribution in [2.75, 3.05) is 12.4 Å². The number of anilines is 1. The first kappa shape index (κ1) is 15.9. The van der Waals surface area contributed by atoms with Gasteiger partial charge in [-0.15, -0.1) is 0 Å². The Hall–Kier alpha value is -0.520. The summed E-state index contributed by atoms with van der Waals surface area (Å²) in [6.45, 7) is 2.13. The summed E-state index contributed by atoms with van der Waals surface area (Å²) in [5.74, 6) is 0.803. The summed E-state index contributed by atoms with van der Waals surface area (Å²) in [4.78, 5) is 0. The molecular formula is C15H14Br3NO. The smallest absolute Gasteiger partial charge is 0.135 e. The van der Waals surface area contributed by atoms with E-state index < -0.39 is 0 Å². The predicted molar refractivity (Wildman–Crippen MR) is 94.6 cm³/mol. The summed E-state index contributed by atoms with van der Waals surface area (Å²) in [5.41, 5.74) is 2.21. The Morgan fingerprint density at radius 1 is 1.05 bits per heavy atom. The number of ether oxygens (including phenoxy) is 1. The Morgan fingerprint density at radius 3 is 2.45 bits per heavy atom. The minimum absolute atomic E-state index is 0.190. The molecule has 1 N–H and O–H groups in total. The van der Waals surface area contributed by atoms with E-state index >= 15 is 0 Å². The van der Waals surface area contributed by atoms with Crippen LogP contribution in [0.3, 0.4) is 0 Å². The molecule has 106 valence electrons. The summed E-state index contributed by atoms with van der Waals surface area (Å²) in [7, 11) is 1.66. The van der Waals surface area contributed by atoms with Crippen molar-refractivity contribution in [1.29, 1.82) is 0 Å². The van der Waals surface area contributed by atoms with Crippen LogP contribution in [-0.4, -0.2) is 7.11 Å². The van der Waals surface area contributed by atoms with Gasteiger partial charge in [-0.3, -0.25) is 0 Å². The van der Waals surface area contributed by atoms with Gasteiger partial charge in [0, 0.05) is 21.1 Å². The van der Waals surface area contributed by atoms with E-state index in [-0.39, 0.29) is 6.04 Å². The summed E-state index contributed by atoms with van der Waals surface area (Å²) in [6, 6.07) is 12.4. The first-order valence-electron chi connectivity index (χ1n) is 6.06. The van der Waals surface area contributed by atoms with E-state index in [1.807, 2.05) is 24.3 Å². The Balaban J connectivity index is 2.25. The van der Waals surface area contributed by atoms with Crippen molar-refractivity contribution in [1.82, 2.24) is 0 Å². The highest BCUT2D eigenvalue weighted by atomic mass is 79.9. The standard InChI is InChI=1S/C15H14Br3NO/c1-9(10-4-3-5-11(16)6-10)19-14-8-15(20-2)13(18)7-12(14)17/h3-9,19H,1-2H3. The van der Waals surface area contributed by atoms with Crippen LogP contribution in [0.4, 0.5) is 5.69 Å². The molecule has 5 heteroatoms. The third-order valence-electron chi connectivity index (χ3n) is 2.96. The van der Waals surface area contributed by atoms with Crippen LogP contribution in [0.2, 0.25) is 0 Å². The first-order chi connectivity index (χ1) is 9.51. The molecule has 20 heavy (non-hydrogen) atoms. The fourth-order valence-electron chi connectivity index (χ4n) is 1.89. The van der Waals surface area contributed by atoms with Gasteiger partial charge in [-0.05, 0) is 62.5 Å². The Bertz CT molecular complexity index is 616. The second-order valence-electron chi connectivity index (χ2n) is 4.39. The molecule has 0 spiro atoms. The largest absolute Gasteiger partial charge is 0.495 e. The van der Waals surface area contributed by atoms with E-state index in [1.165, 1.54) is 5.56 Å². The van der Waals surface area contributed by atoms with Crippen molar-refractivity contribution in [2.24, 2.45) is 0 Å². The van der Waals surface area contributed by atoms with Crippen LogP contribution < -0.4 is 10.1 Å². The fraction of sp³-hybridized carbons (Fsp3) is 0.200. The van der Waals surface area contributed by atoms with Crippen LogP contribution in [0.5, 0.6) is 5.75 Å². The minimum Gasteiger partial charge on any atom is -0.495 e. The number of hydrogen-bond donors (Lipinski definition) is 1. The summed E-state index contributed by atoms with van der Waals surface area (Å²) in [6.07, 6.45) is 0. The van der Waals surface area contributed by atoms with Gasteiger partial charge >= 0.3 is 0 Å².